The van der Waals surface area contributed by atoms with Gasteiger partial charge in [-0.3, -0.25) is 0 Å². The van der Waals surface area contributed by atoms with Crippen LogP contribution in [0, 0.1) is 11.8 Å². The standard InChI is InChI=1S/C12H25NO/c1-9(2)10(3)14-8-7-11-5-4-6-12(11)13/h9-12H,4-8,13H2,1-3H3. The Morgan fingerprint density at radius 2 is 2.00 bits per heavy atom. The van der Waals surface area contributed by atoms with E-state index in [2.05, 4.69) is 20.8 Å². The lowest BCUT2D eigenvalue weighted by Gasteiger charge is -2.19. The fraction of sp³-hybridized carbons (Fsp3) is 1.00. The van der Waals surface area contributed by atoms with Crippen molar-refractivity contribution in [2.45, 2.75) is 58.6 Å². The van der Waals surface area contributed by atoms with E-state index in [0.29, 0.717) is 18.1 Å². The maximum atomic E-state index is 6.00. The second-order valence-corrected chi connectivity index (χ2v) is 4.96. The molecule has 0 spiro atoms. The molecule has 3 atom stereocenters. The van der Waals surface area contributed by atoms with Crippen LogP contribution in [0.3, 0.4) is 0 Å². The van der Waals surface area contributed by atoms with Crippen molar-refractivity contribution in [3.63, 3.8) is 0 Å². The number of ether oxygens (including phenoxy) is 1. The molecule has 0 saturated heterocycles. The largest absolute Gasteiger partial charge is 0.378 e. The van der Waals surface area contributed by atoms with Crippen LogP contribution in [-0.2, 0) is 4.74 Å². The normalized spacial score (nSPS) is 29.8. The fourth-order valence-electron chi connectivity index (χ4n) is 2.02. The minimum Gasteiger partial charge on any atom is -0.378 e. The summed E-state index contributed by atoms with van der Waals surface area (Å²) in [6.07, 6.45) is 5.36. The van der Waals surface area contributed by atoms with Crippen LogP contribution in [0.15, 0.2) is 0 Å². The summed E-state index contributed by atoms with van der Waals surface area (Å²) < 4.78 is 5.76. The lowest BCUT2D eigenvalue weighted by Crippen LogP contribution is -2.26. The highest BCUT2D eigenvalue weighted by molar-refractivity contribution is 4.79. The number of hydrogen-bond acceptors (Lipinski definition) is 2. The van der Waals surface area contributed by atoms with Gasteiger partial charge in [-0.15, -0.1) is 0 Å². The molecule has 0 bridgehead atoms. The monoisotopic (exact) mass is 199 g/mol. The number of rotatable bonds is 5. The second-order valence-electron chi connectivity index (χ2n) is 4.96. The Bertz CT molecular complexity index is 158. The summed E-state index contributed by atoms with van der Waals surface area (Å²) >= 11 is 0. The Morgan fingerprint density at radius 1 is 1.29 bits per heavy atom. The molecule has 0 aromatic rings. The highest BCUT2D eigenvalue weighted by Gasteiger charge is 2.23. The van der Waals surface area contributed by atoms with Gasteiger partial charge in [-0.2, -0.15) is 0 Å². The predicted molar refractivity (Wildman–Crippen MR) is 60.2 cm³/mol. The smallest absolute Gasteiger partial charge is 0.0569 e. The van der Waals surface area contributed by atoms with Crippen molar-refractivity contribution in [1.29, 1.82) is 0 Å². The van der Waals surface area contributed by atoms with Crippen LogP contribution in [0.5, 0.6) is 0 Å². The highest BCUT2D eigenvalue weighted by Crippen LogP contribution is 2.26. The molecule has 1 saturated carbocycles. The fourth-order valence-corrected chi connectivity index (χ4v) is 2.02. The molecule has 1 aliphatic rings. The molecule has 0 heterocycles. The van der Waals surface area contributed by atoms with E-state index >= 15 is 0 Å². The topological polar surface area (TPSA) is 35.2 Å². The zero-order chi connectivity index (χ0) is 10.6. The van der Waals surface area contributed by atoms with E-state index in [1.165, 1.54) is 19.3 Å². The first-order chi connectivity index (χ1) is 6.61. The molecular formula is C12H25NO. The van der Waals surface area contributed by atoms with Crippen LogP contribution < -0.4 is 5.73 Å². The van der Waals surface area contributed by atoms with Crippen LogP contribution >= 0.6 is 0 Å². The van der Waals surface area contributed by atoms with Gasteiger partial charge in [0.2, 0.25) is 0 Å². The van der Waals surface area contributed by atoms with E-state index in [1.807, 2.05) is 0 Å². The minimum atomic E-state index is 0.382. The van der Waals surface area contributed by atoms with E-state index in [-0.39, 0.29) is 0 Å². The predicted octanol–water partition coefficient (Wildman–Crippen LogP) is 2.57. The number of hydrogen-bond donors (Lipinski definition) is 1. The van der Waals surface area contributed by atoms with Crippen molar-refractivity contribution >= 4 is 0 Å². The summed E-state index contributed by atoms with van der Waals surface area (Å²) in [5.41, 5.74) is 6.00. The van der Waals surface area contributed by atoms with E-state index in [1.54, 1.807) is 0 Å². The molecule has 0 aromatic carbocycles. The molecule has 0 aromatic heterocycles. The van der Waals surface area contributed by atoms with Crippen LogP contribution in [0.1, 0.15) is 46.5 Å². The van der Waals surface area contributed by atoms with Gasteiger partial charge >= 0.3 is 0 Å². The van der Waals surface area contributed by atoms with Crippen molar-refractivity contribution in [2.24, 2.45) is 17.6 Å². The second kappa shape index (κ2) is 5.72. The zero-order valence-corrected chi connectivity index (χ0v) is 9.83. The third-order valence-corrected chi connectivity index (χ3v) is 3.53. The molecule has 1 fully saturated rings. The van der Waals surface area contributed by atoms with Crippen LogP contribution in [0.2, 0.25) is 0 Å². The van der Waals surface area contributed by atoms with Gasteiger partial charge in [0.05, 0.1) is 6.10 Å². The van der Waals surface area contributed by atoms with E-state index in [4.69, 9.17) is 10.5 Å². The Balaban J connectivity index is 2.09. The molecular weight excluding hydrogens is 174 g/mol. The van der Waals surface area contributed by atoms with Gasteiger partial charge in [-0.05, 0) is 38.0 Å². The summed E-state index contributed by atoms with van der Waals surface area (Å²) in [5, 5.41) is 0. The number of nitrogens with two attached hydrogens (primary N) is 1. The van der Waals surface area contributed by atoms with Crippen molar-refractivity contribution < 1.29 is 4.74 Å². The quantitative estimate of drug-likeness (QED) is 0.738. The highest BCUT2D eigenvalue weighted by atomic mass is 16.5. The van der Waals surface area contributed by atoms with E-state index < -0.39 is 0 Å². The van der Waals surface area contributed by atoms with E-state index in [9.17, 15) is 0 Å². The Labute approximate surface area is 88.2 Å². The van der Waals surface area contributed by atoms with Crippen molar-refractivity contribution in [2.75, 3.05) is 6.61 Å². The van der Waals surface area contributed by atoms with Crippen LogP contribution in [-0.4, -0.2) is 18.8 Å². The first kappa shape index (κ1) is 12.0. The van der Waals surface area contributed by atoms with Gasteiger partial charge in [-0.1, -0.05) is 20.3 Å². The zero-order valence-electron chi connectivity index (χ0n) is 9.83. The maximum absolute atomic E-state index is 6.00. The van der Waals surface area contributed by atoms with Crippen molar-refractivity contribution in [3.05, 3.63) is 0 Å². The molecule has 2 heteroatoms. The van der Waals surface area contributed by atoms with Gasteiger partial charge in [0, 0.05) is 12.6 Å². The first-order valence-corrected chi connectivity index (χ1v) is 5.98. The minimum absolute atomic E-state index is 0.382. The molecule has 2 N–H and O–H groups in total. The molecule has 1 rings (SSSR count). The summed E-state index contributed by atoms with van der Waals surface area (Å²) in [6, 6.07) is 0.438. The summed E-state index contributed by atoms with van der Waals surface area (Å²) in [5.74, 6) is 1.33. The maximum Gasteiger partial charge on any atom is 0.0569 e. The van der Waals surface area contributed by atoms with Gasteiger partial charge in [0.15, 0.2) is 0 Å². The van der Waals surface area contributed by atoms with Gasteiger partial charge in [0.1, 0.15) is 0 Å². The Hall–Kier alpha value is -0.0800. The van der Waals surface area contributed by atoms with Gasteiger partial charge in [-0.25, -0.2) is 0 Å². The molecule has 14 heavy (non-hydrogen) atoms. The van der Waals surface area contributed by atoms with Crippen LogP contribution in [0.4, 0.5) is 0 Å². The van der Waals surface area contributed by atoms with Gasteiger partial charge in [0.25, 0.3) is 0 Å². The van der Waals surface area contributed by atoms with Gasteiger partial charge < -0.3 is 10.5 Å². The molecule has 1 aliphatic carbocycles. The molecule has 0 amide bonds. The van der Waals surface area contributed by atoms with Crippen LogP contribution in [0.25, 0.3) is 0 Å². The van der Waals surface area contributed by atoms with Crippen molar-refractivity contribution in [1.82, 2.24) is 0 Å². The molecule has 3 unspecified atom stereocenters. The Morgan fingerprint density at radius 3 is 2.50 bits per heavy atom. The SMILES string of the molecule is CC(C)C(C)OCCC1CCCC1N. The molecule has 84 valence electrons. The average Bonchev–Trinajstić information content (AvgIpc) is 2.51. The summed E-state index contributed by atoms with van der Waals surface area (Å²) in [4.78, 5) is 0. The Kier molecular flexibility index (Phi) is 4.90. The van der Waals surface area contributed by atoms with E-state index in [0.717, 1.165) is 18.9 Å². The van der Waals surface area contributed by atoms with Crippen molar-refractivity contribution in [3.8, 4) is 0 Å². The molecule has 0 aliphatic heterocycles. The molecule has 2 nitrogen and oxygen atoms in total. The molecule has 0 radical (unpaired) electrons. The summed E-state index contributed by atoms with van der Waals surface area (Å²) in [6.45, 7) is 7.44. The lowest BCUT2D eigenvalue weighted by molar-refractivity contribution is 0.0273. The third kappa shape index (κ3) is 3.58. The lowest BCUT2D eigenvalue weighted by atomic mass is 10.0. The summed E-state index contributed by atoms with van der Waals surface area (Å²) in [7, 11) is 0. The third-order valence-electron chi connectivity index (χ3n) is 3.53. The first-order valence-electron chi connectivity index (χ1n) is 5.98. The average molecular weight is 199 g/mol.